The van der Waals surface area contributed by atoms with E-state index in [0.29, 0.717) is 5.88 Å². The summed E-state index contributed by atoms with van der Waals surface area (Å²) in [6.07, 6.45) is 1.71. The first kappa shape index (κ1) is 22.6. The van der Waals surface area contributed by atoms with Gasteiger partial charge in [0.15, 0.2) is 0 Å². The van der Waals surface area contributed by atoms with Gasteiger partial charge in [0.1, 0.15) is 5.69 Å². The Balaban J connectivity index is 1.83. The van der Waals surface area contributed by atoms with E-state index in [1.165, 1.54) is 11.1 Å². The Labute approximate surface area is 205 Å². The summed E-state index contributed by atoms with van der Waals surface area (Å²) in [5.41, 5.74) is 8.97. The molecule has 1 aliphatic carbocycles. The van der Waals surface area contributed by atoms with Crippen LogP contribution in [-0.4, -0.2) is 27.7 Å². The van der Waals surface area contributed by atoms with Gasteiger partial charge in [-0.2, -0.15) is 0 Å². The number of aromatic nitrogens is 3. The molecule has 0 fully saturated rings. The molecule has 1 aromatic heterocycles. The average Bonchev–Trinajstić information content (AvgIpc) is 2.84. The van der Waals surface area contributed by atoms with E-state index in [1.54, 1.807) is 13.3 Å². The lowest BCUT2D eigenvalue weighted by molar-refractivity contribution is 0.400. The molecule has 0 saturated heterocycles. The first-order chi connectivity index (χ1) is 16.9. The van der Waals surface area contributed by atoms with Crippen LogP contribution in [0.25, 0.3) is 28.1 Å². The zero-order valence-corrected chi connectivity index (χ0v) is 20.7. The Morgan fingerprint density at radius 1 is 0.914 bits per heavy atom. The third kappa shape index (κ3) is 4.47. The van der Waals surface area contributed by atoms with E-state index in [0.717, 1.165) is 44.8 Å². The Hall–Kier alpha value is -4.19. The molecule has 2 heterocycles. The summed E-state index contributed by atoms with van der Waals surface area (Å²) in [5, 5.41) is 4.34. The molecule has 2 aliphatic rings. The molecule has 6 nitrogen and oxygen atoms in total. The number of anilines is 2. The third-order valence-corrected chi connectivity index (χ3v) is 5.87. The lowest BCUT2D eigenvalue weighted by Crippen LogP contribution is -2.16. The monoisotopic (exact) mass is 463 g/mol. The van der Waals surface area contributed by atoms with Gasteiger partial charge in [0.05, 0.1) is 40.6 Å². The first-order valence-corrected chi connectivity index (χ1v) is 11.8. The van der Waals surface area contributed by atoms with Crippen LogP contribution < -0.4 is 15.4 Å². The molecule has 0 atom stereocenters. The van der Waals surface area contributed by atoms with Crippen LogP contribution in [0.15, 0.2) is 77.9 Å². The van der Waals surface area contributed by atoms with E-state index in [2.05, 4.69) is 97.2 Å². The molecule has 0 saturated carbocycles. The number of benzene rings is 3. The van der Waals surface area contributed by atoms with E-state index >= 15 is 0 Å². The summed E-state index contributed by atoms with van der Waals surface area (Å²) < 4.78 is 7.73. The Morgan fingerprint density at radius 2 is 1.69 bits per heavy atom. The Bertz CT molecular complexity index is 1550. The highest BCUT2D eigenvalue weighted by Gasteiger charge is 2.17. The summed E-state index contributed by atoms with van der Waals surface area (Å²) in [6, 6.07) is 23.1. The van der Waals surface area contributed by atoms with Crippen molar-refractivity contribution in [3.63, 3.8) is 0 Å². The van der Waals surface area contributed by atoms with E-state index < -0.39 is 0 Å². The molecule has 1 N–H and O–H groups in total. The minimum Gasteiger partial charge on any atom is -0.480 e. The lowest BCUT2D eigenvalue weighted by atomic mass is 10.1. The van der Waals surface area contributed by atoms with Gasteiger partial charge in [0.25, 0.3) is 0 Å². The number of hydrogen-bond donors (Lipinski definition) is 1. The topological polar surface area (TPSA) is 64.3 Å². The van der Waals surface area contributed by atoms with Gasteiger partial charge in [0, 0.05) is 17.9 Å². The van der Waals surface area contributed by atoms with Crippen LogP contribution in [0.1, 0.15) is 25.0 Å². The normalized spacial score (nSPS) is 12.0. The zero-order valence-electron chi connectivity index (χ0n) is 20.7. The van der Waals surface area contributed by atoms with Crippen molar-refractivity contribution >= 4 is 22.4 Å². The molecule has 0 amide bonds. The third-order valence-electron chi connectivity index (χ3n) is 5.87. The fourth-order valence-corrected chi connectivity index (χ4v) is 4.26. The van der Waals surface area contributed by atoms with Crippen molar-refractivity contribution in [2.24, 2.45) is 4.99 Å². The van der Waals surface area contributed by atoms with E-state index in [9.17, 15) is 0 Å². The van der Waals surface area contributed by atoms with Crippen molar-refractivity contribution < 1.29 is 4.74 Å². The van der Waals surface area contributed by atoms with Crippen molar-refractivity contribution in [3.05, 3.63) is 89.4 Å². The molecule has 3 aromatic rings. The SMILES string of the molecule is COc1ncccc1Nc1cc2nc3cc(C)ccc3n(-c3ccc(C)cc3)c-2cc1=NC(C)C. The molecular weight excluding hydrogens is 434 g/mol. The molecule has 176 valence electrons. The smallest absolute Gasteiger partial charge is 0.237 e. The number of aryl methyl sites for hydroxylation is 2. The Kier molecular flexibility index (Phi) is 5.95. The summed E-state index contributed by atoms with van der Waals surface area (Å²) in [7, 11) is 1.62. The van der Waals surface area contributed by atoms with Gasteiger partial charge in [-0.1, -0.05) is 23.8 Å². The quantitative estimate of drug-likeness (QED) is 0.315. The highest BCUT2D eigenvalue weighted by molar-refractivity contribution is 5.85. The number of fused-ring (bicyclic) bond motifs is 2. The highest BCUT2D eigenvalue weighted by atomic mass is 16.5. The van der Waals surface area contributed by atoms with Crippen molar-refractivity contribution in [1.82, 2.24) is 14.5 Å². The largest absolute Gasteiger partial charge is 0.480 e. The summed E-state index contributed by atoms with van der Waals surface area (Å²) >= 11 is 0. The second-order valence-electron chi connectivity index (χ2n) is 9.04. The van der Waals surface area contributed by atoms with Crippen molar-refractivity contribution in [2.45, 2.75) is 33.7 Å². The molecule has 0 bridgehead atoms. The number of pyridine rings is 1. The van der Waals surface area contributed by atoms with Crippen LogP contribution in [0, 0.1) is 13.8 Å². The molecule has 0 spiro atoms. The maximum atomic E-state index is 5.46. The maximum absolute atomic E-state index is 5.46. The zero-order chi connectivity index (χ0) is 24.5. The van der Waals surface area contributed by atoms with E-state index in [-0.39, 0.29) is 6.04 Å². The predicted octanol–water partition coefficient (Wildman–Crippen LogP) is 6.20. The predicted molar refractivity (Wildman–Crippen MR) is 142 cm³/mol. The highest BCUT2D eigenvalue weighted by Crippen LogP contribution is 2.32. The van der Waals surface area contributed by atoms with Crippen molar-refractivity contribution in [1.29, 1.82) is 0 Å². The van der Waals surface area contributed by atoms with Crippen LogP contribution >= 0.6 is 0 Å². The van der Waals surface area contributed by atoms with Crippen LogP contribution in [-0.2, 0) is 0 Å². The molecule has 0 radical (unpaired) electrons. The second kappa shape index (κ2) is 9.22. The molecule has 1 aliphatic heterocycles. The maximum Gasteiger partial charge on any atom is 0.237 e. The fraction of sp³-hybridized carbons (Fsp3) is 0.207. The second-order valence-corrected chi connectivity index (χ2v) is 9.04. The molecule has 0 unspecified atom stereocenters. The van der Waals surface area contributed by atoms with Gasteiger partial charge in [0.2, 0.25) is 5.88 Å². The van der Waals surface area contributed by atoms with E-state index in [4.69, 9.17) is 14.7 Å². The van der Waals surface area contributed by atoms with Gasteiger partial charge in [-0.3, -0.25) is 4.99 Å². The number of methoxy groups -OCH3 is 1. The van der Waals surface area contributed by atoms with Crippen molar-refractivity contribution in [3.8, 4) is 23.0 Å². The molecule has 5 rings (SSSR count). The van der Waals surface area contributed by atoms with Gasteiger partial charge in [-0.15, -0.1) is 0 Å². The van der Waals surface area contributed by atoms with Gasteiger partial charge in [-0.05, 0) is 81.8 Å². The van der Waals surface area contributed by atoms with Crippen molar-refractivity contribution in [2.75, 3.05) is 12.4 Å². The lowest BCUT2D eigenvalue weighted by Gasteiger charge is -2.21. The number of nitrogens with one attached hydrogen (secondary N) is 1. The van der Waals surface area contributed by atoms with Gasteiger partial charge < -0.3 is 14.6 Å². The van der Waals surface area contributed by atoms with Crippen LogP contribution in [0.3, 0.4) is 0 Å². The minimum atomic E-state index is 0.118. The van der Waals surface area contributed by atoms with Crippen LogP contribution in [0.2, 0.25) is 0 Å². The van der Waals surface area contributed by atoms with Gasteiger partial charge in [-0.25, -0.2) is 9.97 Å². The fourth-order valence-electron chi connectivity index (χ4n) is 4.26. The van der Waals surface area contributed by atoms with E-state index in [1.807, 2.05) is 12.1 Å². The summed E-state index contributed by atoms with van der Waals surface area (Å²) in [6.45, 7) is 8.35. The molecular formula is C29H29N5O. The number of rotatable bonds is 5. The Morgan fingerprint density at radius 3 is 2.43 bits per heavy atom. The average molecular weight is 464 g/mol. The number of nitrogens with zero attached hydrogens (tertiary/aromatic N) is 4. The van der Waals surface area contributed by atoms with Gasteiger partial charge >= 0.3 is 0 Å². The summed E-state index contributed by atoms with van der Waals surface area (Å²) in [4.78, 5) is 14.3. The summed E-state index contributed by atoms with van der Waals surface area (Å²) in [5.74, 6) is 0.528. The van der Waals surface area contributed by atoms with Crippen LogP contribution in [0.5, 0.6) is 5.88 Å². The molecule has 2 aromatic carbocycles. The molecule has 6 heteroatoms. The molecule has 35 heavy (non-hydrogen) atoms. The standard InChI is InChI=1S/C29H29N5O/c1-18(2)31-24-17-28-26(16-23(24)32-22-7-6-14-30-29(22)35-5)33-25-15-20(4)10-13-27(25)34(28)21-11-8-19(3)9-12-21/h6-18,32H,1-5H3. The number of hydrogen-bond acceptors (Lipinski definition) is 5. The minimum absolute atomic E-state index is 0.118. The first-order valence-electron chi connectivity index (χ1n) is 11.8. The van der Waals surface area contributed by atoms with Crippen LogP contribution in [0.4, 0.5) is 11.4 Å². The number of ether oxygens (including phenoxy) is 1.